The molecule has 0 aliphatic heterocycles. The Hall–Kier alpha value is -0.990. The maximum atomic E-state index is 6.00. The fourth-order valence-corrected chi connectivity index (χ4v) is 2.20. The Kier molecular flexibility index (Phi) is 8.40. The molecule has 0 unspecified atom stereocenters. The molecule has 1 aromatic carbocycles. The van der Waals surface area contributed by atoms with Crippen molar-refractivity contribution in [2.75, 3.05) is 13.2 Å². The number of hydrogen-bond acceptors (Lipinski definition) is 1. The first-order valence-electron chi connectivity index (χ1n) is 7.52. The van der Waals surface area contributed by atoms with Crippen molar-refractivity contribution in [3.8, 4) is 5.75 Å². The molecule has 0 aliphatic carbocycles. The van der Waals surface area contributed by atoms with E-state index in [9.17, 15) is 0 Å². The molecule has 0 saturated carbocycles. The first-order valence-corrected chi connectivity index (χ1v) is 7.90. The van der Waals surface area contributed by atoms with Crippen molar-refractivity contribution in [1.29, 1.82) is 0 Å². The molecule has 0 fully saturated rings. The molecule has 0 aliphatic rings. The van der Waals surface area contributed by atoms with Gasteiger partial charge in [-0.05, 0) is 56.4 Å². The summed E-state index contributed by atoms with van der Waals surface area (Å²) in [5.74, 6) is 0.931. The van der Waals surface area contributed by atoms with Crippen molar-refractivity contribution in [2.45, 2.75) is 45.6 Å². The van der Waals surface area contributed by atoms with E-state index in [4.69, 9.17) is 16.3 Å². The molecular formula is C17H27ClNO+. The standard InChI is InChI=1S/C17H26ClNO/c1-4-8-15-13-16(18)9-10-17(15)20-12-7-6-11-19-14(3)5-2/h4,9-10,13-14,19H,1,5-8,11-12H2,2-3H3/p+1/t14-/m1/s1. The van der Waals surface area contributed by atoms with Gasteiger partial charge in [0.2, 0.25) is 0 Å². The zero-order chi connectivity index (χ0) is 14.8. The van der Waals surface area contributed by atoms with E-state index in [1.54, 1.807) is 0 Å². The molecule has 20 heavy (non-hydrogen) atoms. The highest BCUT2D eigenvalue weighted by Crippen LogP contribution is 2.23. The molecule has 0 amide bonds. The molecule has 0 radical (unpaired) electrons. The van der Waals surface area contributed by atoms with Crippen molar-refractivity contribution >= 4 is 11.6 Å². The van der Waals surface area contributed by atoms with E-state index in [0.717, 1.165) is 41.8 Å². The second-order valence-corrected chi connectivity index (χ2v) is 5.65. The van der Waals surface area contributed by atoms with Crippen LogP contribution in [0.3, 0.4) is 0 Å². The van der Waals surface area contributed by atoms with E-state index in [0.29, 0.717) is 0 Å². The number of nitrogens with two attached hydrogens (primary N) is 1. The van der Waals surface area contributed by atoms with E-state index in [1.807, 2.05) is 24.3 Å². The third kappa shape index (κ3) is 6.44. The van der Waals surface area contributed by atoms with Gasteiger partial charge in [-0.25, -0.2) is 0 Å². The number of benzene rings is 1. The summed E-state index contributed by atoms with van der Waals surface area (Å²) in [6.07, 6.45) is 6.17. The van der Waals surface area contributed by atoms with Crippen molar-refractivity contribution in [3.05, 3.63) is 41.4 Å². The van der Waals surface area contributed by atoms with Crippen LogP contribution in [0.2, 0.25) is 5.02 Å². The topological polar surface area (TPSA) is 25.8 Å². The number of rotatable bonds is 10. The molecule has 0 bridgehead atoms. The summed E-state index contributed by atoms with van der Waals surface area (Å²) in [7, 11) is 0. The van der Waals surface area contributed by atoms with Crippen LogP contribution in [0, 0.1) is 0 Å². The van der Waals surface area contributed by atoms with E-state index < -0.39 is 0 Å². The molecule has 112 valence electrons. The van der Waals surface area contributed by atoms with Crippen LogP contribution in [0.15, 0.2) is 30.9 Å². The van der Waals surface area contributed by atoms with Crippen molar-refractivity contribution in [3.63, 3.8) is 0 Å². The highest BCUT2D eigenvalue weighted by molar-refractivity contribution is 6.30. The maximum absolute atomic E-state index is 6.00. The summed E-state index contributed by atoms with van der Waals surface area (Å²) < 4.78 is 5.86. The molecule has 1 rings (SSSR count). The fourth-order valence-electron chi connectivity index (χ4n) is 2.00. The lowest BCUT2D eigenvalue weighted by Crippen LogP contribution is -2.89. The summed E-state index contributed by atoms with van der Waals surface area (Å²) in [6, 6.07) is 6.51. The van der Waals surface area contributed by atoms with Gasteiger partial charge in [0.1, 0.15) is 5.75 Å². The van der Waals surface area contributed by atoms with Gasteiger partial charge in [-0.1, -0.05) is 24.6 Å². The summed E-state index contributed by atoms with van der Waals surface area (Å²) in [4.78, 5) is 0. The Bertz CT molecular complexity index is 406. The van der Waals surface area contributed by atoms with Crippen LogP contribution in [0.25, 0.3) is 0 Å². The Morgan fingerprint density at radius 2 is 2.20 bits per heavy atom. The summed E-state index contributed by atoms with van der Waals surface area (Å²) >= 11 is 6.00. The zero-order valence-electron chi connectivity index (χ0n) is 12.7. The number of halogens is 1. The van der Waals surface area contributed by atoms with Crippen LogP contribution in [-0.2, 0) is 6.42 Å². The Morgan fingerprint density at radius 3 is 2.90 bits per heavy atom. The largest absolute Gasteiger partial charge is 0.493 e. The van der Waals surface area contributed by atoms with Crippen LogP contribution >= 0.6 is 11.6 Å². The smallest absolute Gasteiger partial charge is 0.122 e. The molecule has 1 atom stereocenters. The minimum Gasteiger partial charge on any atom is -0.493 e. The van der Waals surface area contributed by atoms with Gasteiger partial charge in [0.25, 0.3) is 0 Å². The molecule has 1 aromatic rings. The second kappa shape index (κ2) is 9.84. The van der Waals surface area contributed by atoms with Crippen LogP contribution in [-0.4, -0.2) is 19.2 Å². The van der Waals surface area contributed by atoms with Crippen molar-refractivity contribution in [2.24, 2.45) is 0 Å². The van der Waals surface area contributed by atoms with Gasteiger partial charge in [-0.15, -0.1) is 6.58 Å². The van der Waals surface area contributed by atoms with Crippen LogP contribution in [0.5, 0.6) is 5.75 Å². The van der Waals surface area contributed by atoms with E-state index in [-0.39, 0.29) is 0 Å². The molecular weight excluding hydrogens is 270 g/mol. The molecule has 2 nitrogen and oxygen atoms in total. The Balaban J connectivity index is 2.29. The SMILES string of the molecule is C=CCc1cc(Cl)ccc1OCCCC[NH2+][C@H](C)CC. The Labute approximate surface area is 128 Å². The molecule has 2 N–H and O–H groups in total. The van der Waals surface area contributed by atoms with E-state index in [1.165, 1.54) is 19.4 Å². The number of allylic oxidation sites excluding steroid dienone is 1. The summed E-state index contributed by atoms with van der Waals surface area (Å²) in [6.45, 7) is 10.2. The van der Waals surface area contributed by atoms with Gasteiger partial charge >= 0.3 is 0 Å². The van der Waals surface area contributed by atoms with Crippen molar-refractivity contribution < 1.29 is 10.1 Å². The van der Waals surface area contributed by atoms with Gasteiger partial charge in [0.05, 0.1) is 19.2 Å². The predicted octanol–water partition coefficient (Wildman–Crippen LogP) is 3.59. The number of hydrogen-bond donors (Lipinski definition) is 1. The third-order valence-electron chi connectivity index (χ3n) is 3.46. The molecule has 0 saturated heterocycles. The highest BCUT2D eigenvalue weighted by atomic mass is 35.5. The quantitative estimate of drug-likeness (QED) is 0.518. The van der Waals surface area contributed by atoms with Crippen LogP contribution in [0.1, 0.15) is 38.7 Å². The number of unbranched alkanes of at least 4 members (excludes halogenated alkanes) is 1. The molecule has 3 heteroatoms. The average Bonchev–Trinajstić information content (AvgIpc) is 2.44. The predicted molar refractivity (Wildman–Crippen MR) is 86.6 cm³/mol. The minimum atomic E-state index is 0.728. The van der Waals surface area contributed by atoms with Crippen molar-refractivity contribution in [1.82, 2.24) is 0 Å². The molecule has 0 spiro atoms. The van der Waals surface area contributed by atoms with Gasteiger partial charge in [-0.2, -0.15) is 0 Å². The van der Waals surface area contributed by atoms with E-state index >= 15 is 0 Å². The minimum absolute atomic E-state index is 0.728. The average molecular weight is 297 g/mol. The normalized spacial score (nSPS) is 12.2. The summed E-state index contributed by atoms with van der Waals surface area (Å²) in [5.41, 5.74) is 1.11. The molecule has 0 heterocycles. The first-order chi connectivity index (χ1) is 9.67. The van der Waals surface area contributed by atoms with Crippen LogP contribution in [0.4, 0.5) is 0 Å². The highest BCUT2D eigenvalue weighted by Gasteiger charge is 2.04. The monoisotopic (exact) mass is 296 g/mol. The molecule has 0 aromatic heterocycles. The summed E-state index contributed by atoms with van der Waals surface area (Å²) in [5, 5.41) is 3.16. The lowest BCUT2D eigenvalue weighted by Gasteiger charge is -2.11. The first kappa shape index (κ1) is 17.1. The van der Waals surface area contributed by atoms with E-state index in [2.05, 4.69) is 25.7 Å². The van der Waals surface area contributed by atoms with Gasteiger partial charge < -0.3 is 10.1 Å². The second-order valence-electron chi connectivity index (χ2n) is 5.21. The maximum Gasteiger partial charge on any atom is 0.122 e. The fraction of sp³-hybridized carbons (Fsp3) is 0.529. The van der Waals surface area contributed by atoms with Gasteiger partial charge in [0, 0.05) is 5.02 Å². The van der Waals surface area contributed by atoms with Gasteiger partial charge in [-0.3, -0.25) is 0 Å². The Morgan fingerprint density at radius 1 is 1.40 bits per heavy atom. The zero-order valence-corrected chi connectivity index (χ0v) is 13.5. The van der Waals surface area contributed by atoms with Gasteiger partial charge in [0.15, 0.2) is 0 Å². The number of quaternary nitrogens is 1. The number of ether oxygens (including phenoxy) is 1. The lowest BCUT2D eigenvalue weighted by molar-refractivity contribution is -0.686. The van der Waals surface area contributed by atoms with Crippen LogP contribution < -0.4 is 10.1 Å². The lowest BCUT2D eigenvalue weighted by atomic mass is 10.1. The third-order valence-corrected chi connectivity index (χ3v) is 3.69.